The van der Waals surface area contributed by atoms with Crippen molar-refractivity contribution in [3.8, 4) is 11.4 Å². The molecule has 28 heavy (non-hydrogen) atoms. The van der Waals surface area contributed by atoms with Crippen LogP contribution in [0.25, 0.3) is 5.69 Å². The second-order valence-electron chi connectivity index (χ2n) is 6.43. The number of halogens is 1. The first kappa shape index (κ1) is 20.0. The molecule has 1 heterocycles. The molecule has 0 aliphatic rings. The van der Waals surface area contributed by atoms with Crippen molar-refractivity contribution in [2.45, 2.75) is 31.2 Å². The Morgan fingerprint density at radius 1 is 1.21 bits per heavy atom. The van der Waals surface area contributed by atoms with E-state index >= 15 is 0 Å². The summed E-state index contributed by atoms with van der Waals surface area (Å²) < 4.78 is 49.2. The number of nitrogens with zero attached hydrogens (tertiary/aromatic N) is 2. The third-order valence-electron chi connectivity index (χ3n) is 4.41. The van der Waals surface area contributed by atoms with E-state index in [1.807, 2.05) is 13.8 Å². The summed E-state index contributed by atoms with van der Waals surface area (Å²) in [5, 5.41) is 4.06. The van der Waals surface area contributed by atoms with Crippen LogP contribution in [0.5, 0.6) is 5.75 Å². The first-order chi connectivity index (χ1) is 13.3. The predicted molar refractivity (Wildman–Crippen MR) is 105 cm³/mol. The van der Waals surface area contributed by atoms with Gasteiger partial charge < -0.3 is 4.74 Å². The van der Waals surface area contributed by atoms with Crippen molar-refractivity contribution in [3.05, 3.63) is 71.8 Å². The summed E-state index contributed by atoms with van der Waals surface area (Å²) in [4.78, 5) is -0.135. The monoisotopic (exact) mass is 403 g/mol. The van der Waals surface area contributed by atoms with Crippen molar-refractivity contribution in [2.24, 2.45) is 0 Å². The van der Waals surface area contributed by atoms with Gasteiger partial charge in [-0.05, 0) is 54.8 Å². The molecule has 2 aromatic carbocycles. The van der Waals surface area contributed by atoms with Gasteiger partial charge in [-0.2, -0.15) is 5.10 Å². The van der Waals surface area contributed by atoms with Crippen LogP contribution in [0, 0.1) is 12.7 Å². The van der Waals surface area contributed by atoms with Crippen LogP contribution in [0.15, 0.2) is 59.8 Å². The summed E-state index contributed by atoms with van der Waals surface area (Å²) in [7, 11) is -2.34. The third kappa shape index (κ3) is 4.23. The SMILES string of the molecule is CCC(NS(=O)(=O)c1ccc(-n2cc(C)cn2)c(F)c1)c1ccc(OC)cc1. The lowest BCUT2D eigenvalue weighted by molar-refractivity contribution is 0.414. The van der Waals surface area contributed by atoms with Crippen LogP contribution in [0.1, 0.15) is 30.5 Å². The number of ether oxygens (including phenoxy) is 1. The lowest BCUT2D eigenvalue weighted by Crippen LogP contribution is -2.28. The fraction of sp³-hybridized carbons (Fsp3) is 0.250. The van der Waals surface area contributed by atoms with Crippen LogP contribution in [0.3, 0.4) is 0 Å². The van der Waals surface area contributed by atoms with E-state index in [2.05, 4.69) is 9.82 Å². The molecule has 6 nitrogen and oxygen atoms in total. The van der Waals surface area contributed by atoms with Gasteiger partial charge in [0, 0.05) is 12.2 Å². The molecule has 0 amide bonds. The van der Waals surface area contributed by atoms with E-state index in [0.29, 0.717) is 12.2 Å². The van der Waals surface area contributed by atoms with Crippen molar-refractivity contribution >= 4 is 10.0 Å². The van der Waals surface area contributed by atoms with Crippen molar-refractivity contribution in [3.63, 3.8) is 0 Å². The topological polar surface area (TPSA) is 73.2 Å². The van der Waals surface area contributed by atoms with E-state index in [4.69, 9.17) is 4.74 Å². The molecule has 0 aliphatic heterocycles. The number of hydrogen-bond acceptors (Lipinski definition) is 4. The summed E-state index contributed by atoms with van der Waals surface area (Å²) in [6.45, 7) is 3.72. The molecule has 1 N–H and O–H groups in total. The quantitative estimate of drug-likeness (QED) is 0.652. The minimum atomic E-state index is -3.90. The van der Waals surface area contributed by atoms with Crippen LogP contribution in [0.2, 0.25) is 0 Å². The molecule has 1 atom stereocenters. The van der Waals surface area contributed by atoms with Crippen molar-refractivity contribution in [1.82, 2.24) is 14.5 Å². The molecule has 0 radical (unpaired) electrons. The molecular formula is C20H22FN3O3S. The second kappa shape index (κ2) is 8.12. The summed E-state index contributed by atoms with van der Waals surface area (Å²) in [5.41, 5.74) is 1.87. The van der Waals surface area contributed by atoms with E-state index in [1.54, 1.807) is 43.8 Å². The second-order valence-corrected chi connectivity index (χ2v) is 8.14. The van der Waals surface area contributed by atoms with Gasteiger partial charge in [-0.25, -0.2) is 22.2 Å². The average Bonchev–Trinajstić information content (AvgIpc) is 3.12. The molecule has 3 rings (SSSR count). The van der Waals surface area contributed by atoms with Gasteiger partial charge in [0.15, 0.2) is 0 Å². The number of nitrogens with one attached hydrogen (secondary N) is 1. The average molecular weight is 403 g/mol. The van der Waals surface area contributed by atoms with Gasteiger partial charge in [0.05, 0.1) is 18.2 Å². The molecule has 0 saturated heterocycles. The van der Waals surface area contributed by atoms with Crippen LogP contribution >= 0.6 is 0 Å². The van der Waals surface area contributed by atoms with Gasteiger partial charge in [-0.15, -0.1) is 0 Å². The maximum absolute atomic E-state index is 14.5. The highest BCUT2D eigenvalue weighted by molar-refractivity contribution is 7.89. The summed E-state index contributed by atoms with van der Waals surface area (Å²) >= 11 is 0. The largest absolute Gasteiger partial charge is 0.497 e. The van der Waals surface area contributed by atoms with Gasteiger partial charge >= 0.3 is 0 Å². The van der Waals surface area contributed by atoms with E-state index in [0.717, 1.165) is 17.2 Å². The Morgan fingerprint density at radius 2 is 1.93 bits per heavy atom. The summed E-state index contributed by atoms with van der Waals surface area (Å²) in [6.07, 6.45) is 3.81. The van der Waals surface area contributed by atoms with Gasteiger partial charge in [0.2, 0.25) is 10.0 Å². The molecule has 0 saturated carbocycles. The lowest BCUT2D eigenvalue weighted by Gasteiger charge is -2.18. The van der Waals surface area contributed by atoms with Crippen LogP contribution < -0.4 is 9.46 Å². The molecule has 148 valence electrons. The number of aryl methyl sites for hydroxylation is 1. The number of sulfonamides is 1. The maximum atomic E-state index is 14.5. The highest BCUT2D eigenvalue weighted by Crippen LogP contribution is 2.24. The Balaban J connectivity index is 1.85. The number of benzene rings is 2. The van der Waals surface area contributed by atoms with Crippen molar-refractivity contribution in [2.75, 3.05) is 7.11 Å². The molecule has 1 aromatic heterocycles. The number of rotatable bonds is 7. The van der Waals surface area contributed by atoms with E-state index in [-0.39, 0.29) is 10.6 Å². The van der Waals surface area contributed by atoms with E-state index in [1.165, 1.54) is 16.8 Å². The minimum absolute atomic E-state index is 0.135. The Hall–Kier alpha value is -2.71. The molecule has 8 heteroatoms. The van der Waals surface area contributed by atoms with Gasteiger partial charge in [0.1, 0.15) is 17.3 Å². The smallest absolute Gasteiger partial charge is 0.241 e. The predicted octanol–water partition coefficient (Wildman–Crippen LogP) is 3.76. The fourth-order valence-electron chi connectivity index (χ4n) is 2.86. The Kier molecular flexibility index (Phi) is 5.81. The molecule has 0 aliphatic carbocycles. The zero-order valence-electron chi connectivity index (χ0n) is 15.9. The zero-order valence-corrected chi connectivity index (χ0v) is 16.7. The van der Waals surface area contributed by atoms with Crippen LogP contribution in [-0.2, 0) is 10.0 Å². The fourth-order valence-corrected chi connectivity index (χ4v) is 4.18. The summed E-state index contributed by atoms with van der Waals surface area (Å²) in [5.74, 6) is 0.0245. The molecule has 1 unspecified atom stereocenters. The standard InChI is InChI=1S/C20H22FN3O3S/c1-4-19(15-5-7-16(27-3)8-6-15)23-28(25,26)17-9-10-20(18(21)11-17)24-13-14(2)12-22-24/h5-13,19,23H,4H2,1-3H3. The molecule has 3 aromatic rings. The van der Waals surface area contributed by atoms with Gasteiger partial charge in [-0.1, -0.05) is 19.1 Å². The number of hydrogen-bond donors (Lipinski definition) is 1. The van der Waals surface area contributed by atoms with Crippen molar-refractivity contribution < 1.29 is 17.5 Å². The number of aromatic nitrogens is 2. The van der Waals surface area contributed by atoms with Crippen LogP contribution in [0.4, 0.5) is 4.39 Å². The first-order valence-corrected chi connectivity index (χ1v) is 10.3. The summed E-state index contributed by atoms with van der Waals surface area (Å²) in [6, 6.07) is 10.5. The molecule has 0 spiro atoms. The Morgan fingerprint density at radius 3 is 2.46 bits per heavy atom. The lowest BCUT2D eigenvalue weighted by atomic mass is 10.1. The molecular weight excluding hydrogens is 381 g/mol. The molecule has 0 bridgehead atoms. The third-order valence-corrected chi connectivity index (χ3v) is 5.88. The molecule has 0 fully saturated rings. The van der Waals surface area contributed by atoms with Crippen LogP contribution in [-0.4, -0.2) is 25.3 Å². The minimum Gasteiger partial charge on any atom is -0.497 e. The highest BCUT2D eigenvalue weighted by Gasteiger charge is 2.22. The van der Waals surface area contributed by atoms with Crippen molar-refractivity contribution in [1.29, 1.82) is 0 Å². The number of methoxy groups -OCH3 is 1. The Bertz CT molecular complexity index is 1060. The van der Waals surface area contributed by atoms with Gasteiger partial charge in [0.25, 0.3) is 0 Å². The Labute approximate surface area is 164 Å². The normalized spacial score (nSPS) is 12.7. The zero-order chi connectivity index (χ0) is 20.3. The maximum Gasteiger partial charge on any atom is 0.241 e. The van der Waals surface area contributed by atoms with E-state index < -0.39 is 21.9 Å². The van der Waals surface area contributed by atoms with Gasteiger partial charge in [-0.3, -0.25) is 0 Å². The van der Waals surface area contributed by atoms with E-state index in [9.17, 15) is 12.8 Å². The first-order valence-electron chi connectivity index (χ1n) is 8.81. The highest BCUT2D eigenvalue weighted by atomic mass is 32.2.